The Morgan fingerprint density at radius 2 is 1.02 bits per heavy atom. The molecule has 0 atom stereocenters. The van der Waals surface area contributed by atoms with Crippen LogP contribution in [0.5, 0.6) is 0 Å². The maximum Gasteiger partial charge on any atom is 0.0726 e. The zero-order chi connectivity index (χ0) is 29.3. The van der Waals surface area contributed by atoms with E-state index >= 15 is 0 Å². The summed E-state index contributed by atoms with van der Waals surface area (Å²) in [5.74, 6) is 0. The molecule has 4 aromatic rings. The van der Waals surface area contributed by atoms with Crippen molar-refractivity contribution in [1.29, 1.82) is 0 Å². The zero-order valence-electron chi connectivity index (χ0n) is 25.2. The van der Waals surface area contributed by atoms with Gasteiger partial charge in [0.1, 0.15) is 0 Å². The lowest BCUT2D eigenvalue weighted by Gasteiger charge is -2.27. The highest BCUT2D eigenvalue weighted by Gasteiger charge is 2.40. The van der Waals surface area contributed by atoms with Crippen LogP contribution in [0.4, 0.5) is 0 Å². The van der Waals surface area contributed by atoms with Gasteiger partial charge in [-0.05, 0) is 116 Å². The first-order valence-electron chi connectivity index (χ1n) is 15.3. The molecule has 0 fully saturated rings. The number of thiophene rings is 1. The molecule has 4 heteroatoms. The lowest BCUT2D eigenvalue weighted by atomic mass is 9.81. The van der Waals surface area contributed by atoms with Crippen LogP contribution in [0.3, 0.4) is 0 Å². The third kappa shape index (κ3) is 4.20. The second-order valence-corrected chi connectivity index (χ2v) is 15.3. The van der Waals surface area contributed by atoms with Gasteiger partial charge in [0.2, 0.25) is 0 Å². The standard InChI is InChI=1S/C39H35N2PS/c1-38(2)32-22-18-28(40-32)34(24-12-7-5-8-13-24)30-20-21-31(43-30)35(25-14-9-6-10-15-25)29-19-23-33(41-29)39(3,4)37-27-17-11-16-26(27)36(38)42-37/h5-10,12-15,18-23,42H,11,16-17H2,1-4H3/b34-28-,35-29-. The van der Waals surface area contributed by atoms with Crippen LogP contribution < -0.4 is 0 Å². The van der Waals surface area contributed by atoms with Crippen LogP contribution in [0.15, 0.2) is 118 Å². The predicted molar refractivity (Wildman–Crippen MR) is 186 cm³/mol. The molecule has 4 aliphatic rings. The second-order valence-electron chi connectivity index (χ2n) is 13.0. The number of fused-ring (bicyclic) bond motifs is 9. The summed E-state index contributed by atoms with van der Waals surface area (Å²) < 4.78 is 0. The van der Waals surface area contributed by atoms with E-state index in [1.165, 1.54) is 62.7 Å². The number of allylic oxidation sites excluding steroid dienone is 4. The van der Waals surface area contributed by atoms with Crippen LogP contribution >= 0.6 is 19.5 Å². The third-order valence-electron chi connectivity index (χ3n) is 9.62. The molecular formula is C39H35N2PS. The van der Waals surface area contributed by atoms with E-state index in [9.17, 15) is 0 Å². The van der Waals surface area contributed by atoms with Crippen LogP contribution in [-0.2, 0) is 23.7 Å². The van der Waals surface area contributed by atoms with Crippen molar-refractivity contribution in [3.05, 3.63) is 151 Å². The first-order valence-corrected chi connectivity index (χ1v) is 17.1. The highest BCUT2D eigenvalue weighted by atomic mass is 32.1. The Bertz CT molecular complexity index is 1830. The van der Waals surface area contributed by atoms with E-state index in [2.05, 4.69) is 125 Å². The van der Waals surface area contributed by atoms with Crippen molar-refractivity contribution in [3.8, 4) is 0 Å². The molecule has 0 amide bonds. The molecule has 3 aliphatic heterocycles. The third-order valence-corrected chi connectivity index (χ3v) is 13.1. The molecule has 0 N–H and O–H groups in total. The van der Waals surface area contributed by atoms with E-state index in [1.54, 1.807) is 21.7 Å². The minimum atomic E-state index is -0.141. The fourth-order valence-corrected chi connectivity index (χ4v) is 10.4. The molecule has 5 heterocycles. The molecule has 0 saturated carbocycles. The molecule has 2 aromatic heterocycles. The second kappa shape index (κ2) is 9.88. The Kier molecular flexibility index (Phi) is 6.16. The predicted octanol–water partition coefficient (Wildman–Crippen LogP) is 10.1. The fraction of sp³-hybridized carbons (Fsp3) is 0.231. The Morgan fingerprint density at radius 1 is 0.581 bits per heavy atom. The van der Waals surface area contributed by atoms with Crippen LogP contribution in [-0.4, -0.2) is 11.4 Å². The van der Waals surface area contributed by atoms with Gasteiger partial charge in [-0.25, -0.2) is 0 Å². The van der Waals surface area contributed by atoms with Crippen LogP contribution in [0.1, 0.15) is 76.7 Å². The monoisotopic (exact) mass is 594 g/mol. The van der Waals surface area contributed by atoms with E-state index < -0.39 is 0 Å². The molecule has 2 nitrogen and oxygen atoms in total. The first-order chi connectivity index (χ1) is 20.8. The van der Waals surface area contributed by atoms with E-state index in [4.69, 9.17) is 9.98 Å². The highest BCUT2D eigenvalue weighted by Crippen LogP contribution is 2.51. The average Bonchev–Trinajstić information content (AvgIpc) is 3.83. The number of benzene rings is 2. The lowest BCUT2D eigenvalue weighted by Crippen LogP contribution is -2.27. The van der Waals surface area contributed by atoms with E-state index in [-0.39, 0.29) is 10.8 Å². The summed E-state index contributed by atoms with van der Waals surface area (Å²) in [4.78, 5) is 13.3. The van der Waals surface area contributed by atoms with Gasteiger partial charge in [0, 0.05) is 31.7 Å². The maximum atomic E-state index is 5.44. The van der Waals surface area contributed by atoms with Crippen molar-refractivity contribution in [3.63, 3.8) is 0 Å². The van der Waals surface area contributed by atoms with E-state index in [0.29, 0.717) is 8.19 Å². The molecular weight excluding hydrogens is 559 g/mol. The first kappa shape index (κ1) is 26.8. The van der Waals surface area contributed by atoms with Crippen molar-refractivity contribution >= 4 is 42.1 Å². The maximum absolute atomic E-state index is 5.44. The van der Waals surface area contributed by atoms with Gasteiger partial charge in [0.05, 0.1) is 22.8 Å². The molecule has 0 unspecified atom stereocenters. The van der Waals surface area contributed by atoms with Gasteiger partial charge < -0.3 is 0 Å². The smallest absolute Gasteiger partial charge is 0.0726 e. The molecule has 212 valence electrons. The summed E-state index contributed by atoms with van der Waals surface area (Å²) >= 11 is 1.84. The Balaban J connectivity index is 1.45. The van der Waals surface area contributed by atoms with Crippen molar-refractivity contribution < 1.29 is 0 Å². The molecule has 0 radical (unpaired) electrons. The molecule has 8 bridgehead atoms. The Morgan fingerprint density at radius 3 is 1.47 bits per heavy atom. The number of nitrogens with zero attached hydrogens (tertiary/aromatic N) is 2. The van der Waals surface area contributed by atoms with Gasteiger partial charge in [0.15, 0.2) is 0 Å². The largest absolute Gasteiger partial charge is 0.252 e. The summed E-state index contributed by atoms with van der Waals surface area (Å²) in [6, 6.07) is 26.1. The fourth-order valence-electron chi connectivity index (χ4n) is 7.24. The minimum absolute atomic E-state index is 0.141. The van der Waals surface area contributed by atoms with Gasteiger partial charge in [-0.15, -0.1) is 19.5 Å². The minimum Gasteiger partial charge on any atom is -0.252 e. The van der Waals surface area contributed by atoms with Crippen LogP contribution in [0, 0.1) is 0 Å². The van der Waals surface area contributed by atoms with Crippen molar-refractivity contribution in [2.24, 2.45) is 9.98 Å². The number of rotatable bonds is 2. The molecule has 0 saturated heterocycles. The van der Waals surface area contributed by atoms with Crippen molar-refractivity contribution in [1.82, 2.24) is 0 Å². The molecule has 0 spiro atoms. The van der Waals surface area contributed by atoms with Crippen LogP contribution in [0.25, 0.3) is 11.1 Å². The summed E-state index contributed by atoms with van der Waals surface area (Å²) in [7, 11) is 0.672. The zero-order valence-corrected chi connectivity index (χ0v) is 27.0. The lowest BCUT2D eigenvalue weighted by molar-refractivity contribution is 0.725. The molecule has 43 heavy (non-hydrogen) atoms. The average molecular weight is 595 g/mol. The summed E-state index contributed by atoms with van der Waals surface area (Å²) in [6.07, 6.45) is 12.7. The summed E-state index contributed by atoms with van der Waals surface area (Å²) in [6.45, 7) is 9.59. The van der Waals surface area contributed by atoms with E-state index in [0.717, 1.165) is 11.4 Å². The summed E-state index contributed by atoms with van der Waals surface area (Å²) in [5.41, 5.74) is 12.2. The number of hydrogen-bond acceptors (Lipinski definition) is 3. The topological polar surface area (TPSA) is 24.7 Å². The Labute approximate surface area is 260 Å². The van der Waals surface area contributed by atoms with Gasteiger partial charge >= 0.3 is 0 Å². The van der Waals surface area contributed by atoms with Crippen LogP contribution in [0.2, 0.25) is 0 Å². The summed E-state index contributed by atoms with van der Waals surface area (Å²) in [5, 5.41) is 3.17. The molecule has 1 aliphatic carbocycles. The quantitative estimate of drug-likeness (QED) is 0.221. The molecule has 2 aromatic carbocycles. The van der Waals surface area contributed by atoms with Gasteiger partial charge in [0.25, 0.3) is 0 Å². The number of hydrogen-bond donors (Lipinski definition) is 0. The van der Waals surface area contributed by atoms with Gasteiger partial charge in [-0.3, -0.25) is 9.98 Å². The molecule has 8 rings (SSSR count). The van der Waals surface area contributed by atoms with E-state index in [1.807, 2.05) is 11.3 Å². The van der Waals surface area contributed by atoms with Crippen molar-refractivity contribution in [2.45, 2.75) is 57.8 Å². The highest BCUT2D eigenvalue weighted by molar-refractivity contribution is 7.32. The SMILES string of the molecule is CC1(C)C2=N/C(=C(/c3ccccc3)c3ccc(s3)/C(c3ccccc3)=C3/C=CC(=N3)C(C)(C)c3[pH]c1c1c3CCC1)C=C2. The normalized spacial score (nSPS) is 23.0. The van der Waals surface area contributed by atoms with Gasteiger partial charge in [-0.2, -0.15) is 0 Å². The van der Waals surface area contributed by atoms with Crippen molar-refractivity contribution in [2.75, 3.05) is 0 Å². The Hall–Kier alpha value is -3.78. The number of aliphatic imine (C=N–C) groups is 2. The van der Waals surface area contributed by atoms with Gasteiger partial charge in [-0.1, -0.05) is 60.7 Å².